The number of anilines is 1. The third kappa shape index (κ3) is 3.51. The second-order valence-corrected chi connectivity index (χ2v) is 4.66. The molecule has 5 nitrogen and oxygen atoms in total. The number of nitrogens with one attached hydrogen (secondary N) is 1. The summed E-state index contributed by atoms with van der Waals surface area (Å²) >= 11 is 0. The lowest BCUT2D eigenvalue weighted by Crippen LogP contribution is -2.09. The normalized spacial score (nSPS) is 11.7. The van der Waals surface area contributed by atoms with Crippen molar-refractivity contribution < 1.29 is 9.66 Å². The van der Waals surface area contributed by atoms with Crippen molar-refractivity contribution >= 4 is 11.4 Å². The quantitative estimate of drug-likeness (QED) is 0.639. The van der Waals surface area contributed by atoms with Crippen molar-refractivity contribution in [3.63, 3.8) is 0 Å². The molecule has 0 bridgehead atoms. The predicted molar refractivity (Wildman–Crippen MR) is 82.7 cm³/mol. The van der Waals surface area contributed by atoms with Gasteiger partial charge >= 0.3 is 5.69 Å². The Hall–Kier alpha value is -2.56. The fourth-order valence-electron chi connectivity index (χ4n) is 2.23. The van der Waals surface area contributed by atoms with Crippen molar-refractivity contribution in [3.05, 3.63) is 64.2 Å². The van der Waals surface area contributed by atoms with Crippen LogP contribution in [0.2, 0.25) is 0 Å². The molecule has 0 heterocycles. The fourth-order valence-corrected chi connectivity index (χ4v) is 2.23. The van der Waals surface area contributed by atoms with E-state index in [9.17, 15) is 10.1 Å². The number of ether oxygens (including phenoxy) is 1. The van der Waals surface area contributed by atoms with Gasteiger partial charge in [-0.15, -0.1) is 0 Å². The molecule has 0 aromatic heterocycles. The minimum atomic E-state index is -0.447. The van der Waals surface area contributed by atoms with E-state index in [1.165, 1.54) is 18.7 Å². The molecule has 0 radical (unpaired) electrons. The predicted octanol–water partition coefficient (Wildman–Crippen LogP) is 4.17. The van der Waals surface area contributed by atoms with Crippen LogP contribution in [0, 0.1) is 10.1 Å². The van der Waals surface area contributed by atoms with Crippen LogP contribution in [0.1, 0.15) is 24.9 Å². The number of methoxy groups -OCH3 is 1. The van der Waals surface area contributed by atoms with E-state index in [1.807, 2.05) is 18.2 Å². The molecule has 1 unspecified atom stereocenters. The summed E-state index contributed by atoms with van der Waals surface area (Å²) in [5.41, 5.74) is 1.95. The molecule has 0 spiro atoms. The lowest BCUT2D eigenvalue weighted by molar-refractivity contribution is -0.385. The highest BCUT2D eigenvalue weighted by Crippen LogP contribution is 2.31. The summed E-state index contributed by atoms with van der Waals surface area (Å²) < 4.78 is 5.09. The van der Waals surface area contributed by atoms with Gasteiger partial charge in [-0.05, 0) is 18.1 Å². The molecular formula is C16H18N2O3. The van der Waals surface area contributed by atoms with Crippen LogP contribution in [0.4, 0.5) is 11.4 Å². The first-order valence-corrected chi connectivity index (χ1v) is 6.79. The summed E-state index contributed by atoms with van der Waals surface area (Å²) in [6.07, 6.45) is 0.906. The Labute approximate surface area is 123 Å². The van der Waals surface area contributed by atoms with Crippen molar-refractivity contribution in [2.24, 2.45) is 0 Å². The summed E-state index contributed by atoms with van der Waals surface area (Å²) in [5, 5.41) is 14.3. The van der Waals surface area contributed by atoms with E-state index < -0.39 is 4.92 Å². The molecule has 0 aliphatic carbocycles. The monoisotopic (exact) mass is 286 g/mol. The van der Waals surface area contributed by atoms with Crippen molar-refractivity contribution in [2.75, 3.05) is 12.4 Å². The molecule has 2 rings (SSSR count). The third-order valence-corrected chi connectivity index (χ3v) is 3.33. The first kappa shape index (κ1) is 14.8. The lowest BCUT2D eigenvalue weighted by atomic mass is 10.0. The zero-order valence-corrected chi connectivity index (χ0v) is 12.1. The molecule has 5 heteroatoms. The average molecular weight is 286 g/mol. The van der Waals surface area contributed by atoms with Crippen LogP contribution in [0.15, 0.2) is 48.5 Å². The van der Waals surface area contributed by atoms with E-state index in [2.05, 4.69) is 24.4 Å². The molecule has 1 atom stereocenters. The van der Waals surface area contributed by atoms with E-state index in [1.54, 1.807) is 12.1 Å². The van der Waals surface area contributed by atoms with Gasteiger partial charge in [0.05, 0.1) is 18.1 Å². The summed E-state index contributed by atoms with van der Waals surface area (Å²) in [6.45, 7) is 2.09. The smallest absolute Gasteiger partial charge is 0.311 e. The van der Waals surface area contributed by atoms with Crippen LogP contribution in [0.3, 0.4) is 0 Å². The van der Waals surface area contributed by atoms with E-state index in [0.29, 0.717) is 0 Å². The topological polar surface area (TPSA) is 64.4 Å². The van der Waals surface area contributed by atoms with Crippen molar-refractivity contribution in [3.8, 4) is 5.75 Å². The maximum absolute atomic E-state index is 10.9. The molecule has 2 aromatic rings. The van der Waals surface area contributed by atoms with Gasteiger partial charge in [0.15, 0.2) is 5.75 Å². The molecule has 0 amide bonds. The highest BCUT2D eigenvalue weighted by molar-refractivity contribution is 5.58. The van der Waals surface area contributed by atoms with Gasteiger partial charge in [0, 0.05) is 17.8 Å². The highest BCUT2D eigenvalue weighted by atomic mass is 16.6. The maximum Gasteiger partial charge on any atom is 0.311 e. The summed E-state index contributed by atoms with van der Waals surface area (Å²) in [4.78, 5) is 10.4. The average Bonchev–Trinajstić information content (AvgIpc) is 2.53. The first-order valence-electron chi connectivity index (χ1n) is 6.79. The number of nitrogens with zero attached hydrogens (tertiary/aromatic N) is 1. The molecule has 0 saturated heterocycles. The molecular weight excluding hydrogens is 268 g/mol. The number of nitro groups is 1. The van der Waals surface area contributed by atoms with Gasteiger partial charge in [0.25, 0.3) is 0 Å². The Balaban J connectivity index is 2.24. The summed E-state index contributed by atoms with van der Waals surface area (Å²) in [6, 6.07) is 15.1. The van der Waals surface area contributed by atoms with Gasteiger partial charge < -0.3 is 10.1 Å². The Morgan fingerprint density at radius 3 is 2.52 bits per heavy atom. The Kier molecular flexibility index (Phi) is 4.77. The molecule has 21 heavy (non-hydrogen) atoms. The van der Waals surface area contributed by atoms with Crippen molar-refractivity contribution in [1.29, 1.82) is 0 Å². The van der Waals surface area contributed by atoms with Crippen molar-refractivity contribution in [2.45, 2.75) is 19.4 Å². The lowest BCUT2D eigenvalue weighted by Gasteiger charge is -2.19. The van der Waals surface area contributed by atoms with Crippen LogP contribution >= 0.6 is 0 Å². The van der Waals surface area contributed by atoms with Crippen LogP contribution < -0.4 is 10.1 Å². The van der Waals surface area contributed by atoms with Gasteiger partial charge in [-0.2, -0.15) is 0 Å². The van der Waals surface area contributed by atoms with Crippen LogP contribution in [0.5, 0.6) is 5.75 Å². The van der Waals surface area contributed by atoms with Gasteiger partial charge in [-0.25, -0.2) is 0 Å². The minimum absolute atomic E-state index is 0.0317. The molecule has 0 aliphatic rings. The van der Waals surface area contributed by atoms with Crippen LogP contribution in [-0.2, 0) is 0 Å². The molecule has 0 fully saturated rings. The Morgan fingerprint density at radius 1 is 1.24 bits per heavy atom. The van der Waals surface area contributed by atoms with Gasteiger partial charge in [0.2, 0.25) is 0 Å². The number of benzene rings is 2. The van der Waals surface area contributed by atoms with Crippen molar-refractivity contribution in [1.82, 2.24) is 0 Å². The van der Waals surface area contributed by atoms with Gasteiger partial charge in [0.1, 0.15) is 0 Å². The second-order valence-electron chi connectivity index (χ2n) is 4.66. The molecule has 1 N–H and O–H groups in total. The van der Waals surface area contributed by atoms with E-state index in [-0.39, 0.29) is 17.5 Å². The third-order valence-electron chi connectivity index (χ3n) is 3.33. The van der Waals surface area contributed by atoms with Crippen LogP contribution in [-0.4, -0.2) is 12.0 Å². The van der Waals surface area contributed by atoms with E-state index in [4.69, 9.17) is 4.74 Å². The first-order chi connectivity index (χ1) is 10.2. The van der Waals surface area contributed by atoms with Gasteiger partial charge in [-0.3, -0.25) is 10.1 Å². The number of hydrogen-bond acceptors (Lipinski definition) is 4. The molecule has 0 saturated carbocycles. The second kappa shape index (κ2) is 6.74. The zero-order valence-electron chi connectivity index (χ0n) is 12.1. The van der Waals surface area contributed by atoms with Crippen LogP contribution in [0.25, 0.3) is 0 Å². The molecule has 0 aliphatic heterocycles. The van der Waals surface area contributed by atoms with Gasteiger partial charge in [-0.1, -0.05) is 37.3 Å². The Morgan fingerprint density at radius 2 is 1.95 bits per heavy atom. The largest absolute Gasteiger partial charge is 0.490 e. The standard InChI is InChI=1S/C16H18N2O3/c1-3-14(12-7-5-4-6-8-12)17-13-9-10-15(18(19)20)16(11-13)21-2/h4-11,14,17H,3H2,1-2H3. The van der Waals surface area contributed by atoms with E-state index >= 15 is 0 Å². The molecule has 2 aromatic carbocycles. The van der Waals surface area contributed by atoms with E-state index in [0.717, 1.165) is 12.1 Å². The number of rotatable bonds is 6. The summed E-state index contributed by atoms with van der Waals surface area (Å²) in [7, 11) is 1.43. The highest BCUT2D eigenvalue weighted by Gasteiger charge is 2.16. The number of hydrogen-bond donors (Lipinski definition) is 1. The Bertz CT molecular complexity index is 614. The number of nitro benzene ring substituents is 1. The SMILES string of the molecule is CCC(Nc1ccc([N+](=O)[O-])c(OC)c1)c1ccccc1. The zero-order chi connectivity index (χ0) is 15.2. The minimum Gasteiger partial charge on any atom is -0.490 e. The summed E-state index contributed by atoms with van der Waals surface area (Å²) in [5.74, 6) is 0.257. The maximum atomic E-state index is 10.9. The molecule has 110 valence electrons. The fraction of sp³-hybridized carbons (Fsp3) is 0.250.